The maximum Gasteiger partial charge on any atom is 0.305 e. The van der Waals surface area contributed by atoms with Crippen molar-refractivity contribution in [2.75, 3.05) is 20.3 Å². The SMILES string of the molecule is COC(=O)CCCCCNC(=O)C1CCCO1. The predicted molar refractivity (Wildman–Crippen MR) is 62.5 cm³/mol. The summed E-state index contributed by atoms with van der Waals surface area (Å²) in [6.45, 7) is 1.34. The third-order valence-corrected chi connectivity index (χ3v) is 2.81. The fraction of sp³-hybridized carbons (Fsp3) is 0.833. The van der Waals surface area contributed by atoms with Gasteiger partial charge < -0.3 is 14.8 Å². The summed E-state index contributed by atoms with van der Waals surface area (Å²) in [7, 11) is 1.39. The average Bonchev–Trinajstić information content (AvgIpc) is 2.86. The molecule has 0 radical (unpaired) electrons. The highest BCUT2D eigenvalue weighted by atomic mass is 16.5. The van der Waals surface area contributed by atoms with Gasteiger partial charge in [0.25, 0.3) is 0 Å². The second-order valence-corrected chi connectivity index (χ2v) is 4.18. The Bertz CT molecular complexity index is 249. The number of unbranched alkanes of at least 4 members (excludes halogenated alkanes) is 2. The van der Waals surface area contributed by atoms with Crippen LogP contribution in [-0.4, -0.2) is 38.2 Å². The van der Waals surface area contributed by atoms with E-state index in [1.54, 1.807) is 0 Å². The number of carbonyl (C=O) groups is 2. The van der Waals surface area contributed by atoms with Gasteiger partial charge in [-0.2, -0.15) is 0 Å². The van der Waals surface area contributed by atoms with E-state index in [4.69, 9.17) is 4.74 Å². The third-order valence-electron chi connectivity index (χ3n) is 2.81. The Morgan fingerprint density at radius 2 is 2.18 bits per heavy atom. The van der Waals surface area contributed by atoms with Gasteiger partial charge in [0, 0.05) is 19.6 Å². The molecule has 1 saturated heterocycles. The minimum atomic E-state index is -0.245. The standard InChI is InChI=1S/C12H21NO4/c1-16-11(14)7-3-2-4-8-13-12(15)10-6-5-9-17-10/h10H,2-9H2,1H3,(H,13,15). The van der Waals surface area contributed by atoms with Gasteiger partial charge in [-0.05, 0) is 25.7 Å². The number of carbonyl (C=O) groups excluding carboxylic acids is 2. The van der Waals surface area contributed by atoms with Crippen LogP contribution in [0.5, 0.6) is 0 Å². The number of rotatable bonds is 7. The molecule has 1 unspecified atom stereocenters. The quantitative estimate of drug-likeness (QED) is 0.535. The van der Waals surface area contributed by atoms with E-state index in [1.807, 2.05) is 0 Å². The molecule has 98 valence electrons. The van der Waals surface area contributed by atoms with Crippen LogP contribution in [0.15, 0.2) is 0 Å². The highest BCUT2D eigenvalue weighted by molar-refractivity contribution is 5.80. The monoisotopic (exact) mass is 243 g/mol. The van der Waals surface area contributed by atoms with Crippen molar-refractivity contribution in [2.45, 2.75) is 44.6 Å². The number of nitrogens with one attached hydrogen (secondary N) is 1. The Hall–Kier alpha value is -1.10. The molecule has 1 amide bonds. The minimum absolute atomic E-state index is 0.00420. The van der Waals surface area contributed by atoms with Gasteiger partial charge in [-0.15, -0.1) is 0 Å². The van der Waals surface area contributed by atoms with Crippen LogP contribution in [-0.2, 0) is 19.1 Å². The molecule has 1 aliphatic rings. The van der Waals surface area contributed by atoms with Crippen LogP contribution in [0.25, 0.3) is 0 Å². The summed E-state index contributed by atoms with van der Waals surface area (Å²) in [5, 5.41) is 2.85. The number of amides is 1. The fourth-order valence-electron chi connectivity index (χ4n) is 1.78. The van der Waals surface area contributed by atoms with Crippen LogP contribution in [0.4, 0.5) is 0 Å². The third kappa shape index (κ3) is 5.68. The van der Waals surface area contributed by atoms with E-state index in [1.165, 1.54) is 7.11 Å². The predicted octanol–water partition coefficient (Wildman–Crippen LogP) is 1.01. The van der Waals surface area contributed by atoms with Crippen molar-refractivity contribution in [2.24, 2.45) is 0 Å². The van der Waals surface area contributed by atoms with E-state index in [-0.39, 0.29) is 18.0 Å². The molecule has 0 saturated carbocycles. The highest BCUT2D eigenvalue weighted by Crippen LogP contribution is 2.11. The molecule has 0 aromatic heterocycles. The second-order valence-electron chi connectivity index (χ2n) is 4.18. The Balaban J connectivity index is 1.93. The minimum Gasteiger partial charge on any atom is -0.469 e. The zero-order valence-electron chi connectivity index (χ0n) is 10.4. The highest BCUT2D eigenvalue weighted by Gasteiger charge is 2.22. The first-order valence-corrected chi connectivity index (χ1v) is 6.20. The number of hydrogen-bond donors (Lipinski definition) is 1. The molecular formula is C12H21NO4. The summed E-state index contributed by atoms with van der Waals surface area (Å²) in [5.41, 5.74) is 0. The first kappa shape index (κ1) is 14.0. The summed E-state index contributed by atoms with van der Waals surface area (Å²) in [4.78, 5) is 22.3. The van der Waals surface area contributed by atoms with Gasteiger partial charge in [-0.25, -0.2) is 0 Å². The Kier molecular flexibility index (Phi) is 6.62. The smallest absolute Gasteiger partial charge is 0.305 e. The molecule has 0 aliphatic carbocycles. The van der Waals surface area contributed by atoms with E-state index in [9.17, 15) is 9.59 Å². The van der Waals surface area contributed by atoms with Crippen LogP contribution in [0.3, 0.4) is 0 Å². The van der Waals surface area contributed by atoms with Crippen molar-refractivity contribution in [1.82, 2.24) is 5.32 Å². The number of ether oxygens (including phenoxy) is 2. The van der Waals surface area contributed by atoms with Crippen molar-refractivity contribution in [1.29, 1.82) is 0 Å². The summed E-state index contributed by atoms with van der Waals surface area (Å²) < 4.78 is 9.80. The molecule has 0 aromatic rings. The van der Waals surface area contributed by atoms with Crippen molar-refractivity contribution < 1.29 is 19.1 Å². The lowest BCUT2D eigenvalue weighted by atomic mass is 10.2. The van der Waals surface area contributed by atoms with Gasteiger partial charge in [-0.3, -0.25) is 9.59 Å². The fourth-order valence-corrected chi connectivity index (χ4v) is 1.78. The molecule has 0 bridgehead atoms. The van der Waals surface area contributed by atoms with Crippen LogP contribution in [0, 0.1) is 0 Å². The van der Waals surface area contributed by atoms with E-state index >= 15 is 0 Å². The lowest BCUT2D eigenvalue weighted by molar-refractivity contribution is -0.140. The Labute approximate surface area is 102 Å². The largest absolute Gasteiger partial charge is 0.469 e. The summed E-state index contributed by atoms with van der Waals surface area (Å²) in [6.07, 6.45) is 4.62. The molecule has 1 N–H and O–H groups in total. The molecule has 0 aromatic carbocycles. The number of esters is 1. The molecule has 17 heavy (non-hydrogen) atoms. The van der Waals surface area contributed by atoms with Crippen LogP contribution < -0.4 is 5.32 Å². The number of methoxy groups -OCH3 is 1. The van der Waals surface area contributed by atoms with Gasteiger partial charge in [0.2, 0.25) is 5.91 Å². The molecule has 5 heteroatoms. The lowest BCUT2D eigenvalue weighted by Crippen LogP contribution is -2.34. The summed E-state index contributed by atoms with van der Waals surface area (Å²) in [6, 6.07) is 0. The summed E-state index contributed by atoms with van der Waals surface area (Å²) in [5.74, 6) is -0.177. The van der Waals surface area contributed by atoms with E-state index in [0.717, 1.165) is 32.1 Å². The maximum absolute atomic E-state index is 11.5. The maximum atomic E-state index is 11.5. The first-order valence-electron chi connectivity index (χ1n) is 6.20. The lowest BCUT2D eigenvalue weighted by Gasteiger charge is -2.09. The molecule has 1 rings (SSSR count). The molecular weight excluding hydrogens is 222 g/mol. The Morgan fingerprint density at radius 1 is 1.35 bits per heavy atom. The van der Waals surface area contributed by atoms with Crippen molar-refractivity contribution in [3.8, 4) is 0 Å². The normalized spacial score (nSPS) is 19.0. The molecule has 1 aliphatic heterocycles. The van der Waals surface area contributed by atoms with Crippen LogP contribution in [0.2, 0.25) is 0 Å². The van der Waals surface area contributed by atoms with Crippen molar-refractivity contribution in [3.63, 3.8) is 0 Å². The van der Waals surface area contributed by atoms with Crippen LogP contribution >= 0.6 is 0 Å². The van der Waals surface area contributed by atoms with E-state index in [2.05, 4.69) is 10.1 Å². The molecule has 1 heterocycles. The van der Waals surface area contributed by atoms with Gasteiger partial charge >= 0.3 is 5.97 Å². The molecule has 5 nitrogen and oxygen atoms in total. The zero-order valence-corrected chi connectivity index (χ0v) is 10.4. The van der Waals surface area contributed by atoms with Gasteiger partial charge in [0.05, 0.1) is 7.11 Å². The Morgan fingerprint density at radius 3 is 2.82 bits per heavy atom. The van der Waals surface area contributed by atoms with Crippen molar-refractivity contribution in [3.05, 3.63) is 0 Å². The molecule has 0 spiro atoms. The average molecular weight is 243 g/mol. The second kappa shape index (κ2) is 8.06. The topological polar surface area (TPSA) is 64.6 Å². The molecule has 1 fully saturated rings. The first-order chi connectivity index (χ1) is 8.24. The summed E-state index contributed by atoms with van der Waals surface area (Å²) >= 11 is 0. The number of hydrogen-bond acceptors (Lipinski definition) is 4. The van der Waals surface area contributed by atoms with Crippen LogP contribution in [0.1, 0.15) is 38.5 Å². The van der Waals surface area contributed by atoms with E-state index < -0.39 is 0 Å². The van der Waals surface area contributed by atoms with Crippen molar-refractivity contribution >= 4 is 11.9 Å². The molecule has 1 atom stereocenters. The van der Waals surface area contributed by atoms with Gasteiger partial charge in [0.1, 0.15) is 6.10 Å². The van der Waals surface area contributed by atoms with Gasteiger partial charge in [0.15, 0.2) is 0 Å². The van der Waals surface area contributed by atoms with Gasteiger partial charge in [-0.1, -0.05) is 6.42 Å². The zero-order chi connectivity index (χ0) is 12.5. The van der Waals surface area contributed by atoms with E-state index in [0.29, 0.717) is 19.6 Å².